The van der Waals surface area contributed by atoms with Gasteiger partial charge in [0.2, 0.25) is 5.75 Å². The van der Waals surface area contributed by atoms with Crippen molar-refractivity contribution >= 4 is 5.69 Å². The van der Waals surface area contributed by atoms with Gasteiger partial charge in [0.15, 0.2) is 11.5 Å². The van der Waals surface area contributed by atoms with E-state index in [-0.39, 0.29) is 0 Å². The SMILES string of the molecule is C=C(C)N(C)c1cc(OC)c(OC)c(OC)c1.CC. The van der Waals surface area contributed by atoms with Gasteiger partial charge in [0, 0.05) is 30.6 Å². The number of nitrogens with zero attached hydrogens (tertiary/aromatic N) is 1. The van der Waals surface area contributed by atoms with Gasteiger partial charge in [0.1, 0.15) is 0 Å². The van der Waals surface area contributed by atoms with E-state index in [9.17, 15) is 0 Å². The van der Waals surface area contributed by atoms with Gasteiger partial charge < -0.3 is 19.1 Å². The van der Waals surface area contributed by atoms with Crippen molar-refractivity contribution in [1.29, 1.82) is 0 Å². The van der Waals surface area contributed by atoms with Gasteiger partial charge in [-0.15, -0.1) is 0 Å². The van der Waals surface area contributed by atoms with E-state index in [2.05, 4.69) is 6.58 Å². The summed E-state index contributed by atoms with van der Waals surface area (Å²) in [5.41, 5.74) is 1.87. The molecule has 1 rings (SSSR count). The zero-order chi connectivity index (χ0) is 15.0. The van der Waals surface area contributed by atoms with E-state index in [1.54, 1.807) is 21.3 Å². The summed E-state index contributed by atoms with van der Waals surface area (Å²) in [6, 6.07) is 3.77. The predicted octanol–water partition coefficient (Wildman–Crippen LogP) is 3.71. The number of ether oxygens (including phenoxy) is 3. The van der Waals surface area contributed by atoms with Gasteiger partial charge in [-0.3, -0.25) is 0 Å². The van der Waals surface area contributed by atoms with Crippen molar-refractivity contribution < 1.29 is 14.2 Å². The van der Waals surface area contributed by atoms with Crippen molar-refractivity contribution in [2.24, 2.45) is 0 Å². The Bertz CT molecular complexity index is 391. The Kier molecular flexibility index (Phi) is 7.49. The number of allylic oxidation sites excluding steroid dienone is 1. The molecule has 19 heavy (non-hydrogen) atoms. The highest BCUT2D eigenvalue weighted by atomic mass is 16.5. The molecule has 0 heterocycles. The summed E-state index contributed by atoms with van der Waals surface area (Å²) in [4.78, 5) is 1.95. The second-order valence-electron chi connectivity index (χ2n) is 3.68. The van der Waals surface area contributed by atoms with E-state index in [0.29, 0.717) is 17.2 Å². The number of rotatable bonds is 5. The van der Waals surface area contributed by atoms with Crippen molar-refractivity contribution in [1.82, 2.24) is 0 Å². The quantitative estimate of drug-likeness (QED) is 0.813. The number of hydrogen-bond donors (Lipinski definition) is 0. The molecule has 1 aromatic rings. The monoisotopic (exact) mass is 267 g/mol. The lowest BCUT2D eigenvalue weighted by atomic mass is 10.2. The van der Waals surface area contributed by atoms with Crippen LogP contribution in [0.25, 0.3) is 0 Å². The fourth-order valence-electron chi connectivity index (χ4n) is 1.48. The van der Waals surface area contributed by atoms with Gasteiger partial charge in [-0.1, -0.05) is 20.4 Å². The molecule has 0 N–H and O–H groups in total. The fraction of sp³-hybridized carbons (Fsp3) is 0.467. The Labute approximate surface area is 116 Å². The van der Waals surface area contributed by atoms with Gasteiger partial charge in [0.25, 0.3) is 0 Å². The number of anilines is 1. The summed E-state index contributed by atoms with van der Waals surface area (Å²) in [6.07, 6.45) is 0. The third kappa shape index (κ3) is 4.09. The number of benzene rings is 1. The molecular weight excluding hydrogens is 242 g/mol. The maximum atomic E-state index is 5.29. The minimum atomic E-state index is 0.592. The van der Waals surface area contributed by atoms with Crippen LogP contribution in [0.2, 0.25) is 0 Å². The molecule has 0 atom stereocenters. The van der Waals surface area contributed by atoms with E-state index in [4.69, 9.17) is 14.2 Å². The van der Waals surface area contributed by atoms with E-state index in [0.717, 1.165) is 11.4 Å². The van der Waals surface area contributed by atoms with Crippen LogP contribution < -0.4 is 19.1 Å². The summed E-state index contributed by atoms with van der Waals surface area (Å²) in [5.74, 6) is 1.86. The molecule has 0 bridgehead atoms. The number of methoxy groups -OCH3 is 3. The van der Waals surface area contributed by atoms with Crippen molar-refractivity contribution in [2.45, 2.75) is 20.8 Å². The lowest BCUT2D eigenvalue weighted by Crippen LogP contribution is -2.13. The molecule has 0 radical (unpaired) electrons. The molecule has 0 aromatic heterocycles. The lowest BCUT2D eigenvalue weighted by Gasteiger charge is -2.22. The molecule has 0 spiro atoms. The Morgan fingerprint density at radius 1 is 1.00 bits per heavy atom. The van der Waals surface area contributed by atoms with E-state index >= 15 is 0 Å². The van der Waals surface area contributed by atoms with Crippen molar-refractivity contribution in [2.75, 3.05) is 33.3 Å². The summed E-state index contributed by atoms with van der Waals surface area (Å²) in [7, 11) is 6.72. The first-order valence-corrected chi connectivity index (χ1v) is 6.24. The molecule has 4 heteroatoms. The van der Waals surface area contributed by atoms with Crippen LogP contribution in [0.15, 0.2) is 24.4 Å². The zero-order valence-electron chi connectivity index (χ0n) is 13.0. The average molecular weight is 267 g/mol. The van der Waals surface area contributed by atoms with E-state index in [1.165, 1.54) is 0 Å². The minimum Gasteiger partial charge on any atom is -0.493 e. The molecular formula is C15H25NO3. The molecule has 0 fully saturated rings. The van der Waals surface area contributed by atoms with Crippen LogP contribution >= 0.6 is 0 Å². The third-order valence-corrected chi connectivity index (χ3v) is 2.61. The maximum absolute atomic E-state index is 5.29. The van der Waals surface area contributed by atoms with Crippen LogP contribution in [0, 0.1) is 0 Å². The molecule has 0 aliphatic carbocycles. The molecule has 4 nitrogen and oxygen atoms in total. The van der Waals surface area contributed by atoms with Crippen molar-refractivity contribution in [3.05, 3.63) is 24.4 Å². The molecule has 108 valence electrons. The molecule has 0 amide bonds. The second kappa shape index (κ2) is 8.29. The largest absolute Gasteiger partial charge is 0.493 e. The molecule has 0 aliphatic rings. The summed E-state index contributed by atoms with van der Waals surface area (Å²) < 4.78 is 15.8. The first-order chi connectivity index (χ1) is 9.04. The standard InChI is InChI=1S/C13H19NO3.C2H6/c1-9(2)14(3)10-7-11(15-4)13(17-6)12(8-10)16-5;1-2/h7-8H,1H2,2-6H3;1-2H3. The summed E-state index contributed by atoms with van der Waals surface area (Å²) >= 11 is 0. The van der Waals surface area contributed by atoms with E-state index < -0.39 is 0 Å². The third-order valence-electron chi connectivity index (χ3n) is 2.61. The molecule has 1 aromatic carbocycles. The van der Waals surface area contributed by atoms with Gasteiger partial charge >= 0.3 is 0 Å². The normalized spacial score (nSPS) is 9.00. The summed E-state index contributed by atoms with van der Waals surface area (Å²) in [5, 5.41) is 0. The number of hydrogen-bond acceptors (Lipinski definition) is 4. The Balaban J connectivity index is 0.00000154. The maximum Gasteiger partial charge on any atom is 0.203 e. The predicted molar refractivity (Wildman–Crippen MR) is 80.7 cm³/mol. The van der Waals surface area contributed by atoms with Gasteiger partial charge in [-0.05, 0) is 6.92 Å². The zero-order valence-corrected chi connectivity index (χ0v) is 13.0. The topological polar surface area (TPSA) is 30.9 Å². The summed E-state index contributed by atoms with van der Waals surface area (Å²) in [6.45, 7) is 9.83. The second-order valence-corrected chi connectivity index (χ2v) is 3.68. The first-order valence-electron chi connectivity index (χ1n) is 6.24. The highest BCUT2D eigenvalue weighted by Gasteiger charge is 2.15. The van der Waals surface area contributed by atoms with Crippen LogP contribution in [0.1, 0.15) is 20.8 Å². The Morgan fingerprint density at radius 2 is 1.42 bits per heavy atom. The van der Waals surface area contributed by atoms with Gasteiger partial charge in [0.05, 0.1) is 21.3 Å². The van der Waals surface area contributed by atoms with Crippen molar-refractivity contribution in [3.63, 3.8) is 0 Å². The molecule has 0 saturated heterocycles. The highest BCUT2D eigenvalue weighted by molar-refractivity contribution is 5.64. The smallest absolute Gasteiger partial charge is 0.203 e. The van der Waals surface area contributed by atoms with Crippen LogP contribution in [-0.2, 0) is 0 Å². The molecule has 0 saturated carbocycles. The average Bonchev–Trinajstić information content (AvgIpc) is 2.46. The first kappa shape index (κ1) is 17.2. The fourth-order valence-corrected chi connectivity index (χ4v) is 1.48. The minimum absolute atomic E-state index is 0.592. The Hall–Kier alpha value is -1.84. The van der Waals surface area contributed by atoms with Gasteiger partial charge in [-0.25, -0.2) is 0 Å². The lowest BCUT2D eigenvalue weighted by molar-refractivity contribution is 0.324. The van der Waals surface area contributed by atoms with Crippen LogP contribution in [0.4, 0.5) is 5.69 Å². The van der Waals surface area contributed by atoms with Crippen molar-refractivity contribution in [3.8, 4) is 17.2 Å². The highest BCUT2D eigenvalue weighted by Crippen LogP contribution is 2.41. The van der Waals surface area contributed by atoms with Crippen LogP contribution in [-0.4, -0.2) is 28.4 Å². The van der Waals surface area contributed by atoms with Crippen LogP contribution in [0.5, 0.6) is 17.2 Å². The molecule has 0 aliphatic heterocycles. The van der Waals surface area contributed by atoms with Gasteiger partial charge in [-0.2, -0.15) is 0 Å². The van der Waals surface area contributed by atoms with E-state index in [1.807, 2.05) is 44.9 Å². The Morgan fingerprint density at radius 3 is 1.68 bits per heavy atom. The van der Waals surface area contributed by atoms with Crippen LogP contribution in [0.3, 0.4) is 0 Å². The molecule has 0 unspecified atom stereocenters.